The molecule has 1 heterocycles. The van der Waals surface area contributed by atoms with Gasteiger partial charge in [-0.1, -0.05) is 57.0 Å². The highest BCUT2D eigenvalue weighted by molar-refractivity contribution is 6.35. The van der Waals surface area contributed by atoms with Gasteiger partial charge < -0.3 is 16.8 Å². The molecule has 7 heteroatoms. The second-order valence-corrected chi connectivity index (χ2v) is 6.74. The van der Waals surface area contributed by atoms with Gasteiger partial charge in [0.2, 0.25) is 6.41 Å². The summed E-state index contributed by atoms with van der Waals surface area (Å²) in [6.45, 7) is 12.3. The number of carbonyl (C=O) groups excluding carboxylic acids is 1. The lowest BCUT2D eigenvalue weighted by Crippen LogP contribution is -2.25. The minimum atomic E-state index is -0.0161. The third kappa shape index (κ3) is 9.24. The first-order chi connectivity index (χ1) is 12.7. The minimum absolute atomic E-state index is 0.0161. The second-order valence-electron chi connectivity index (χ2n) is 6.33. The van der Waals surface area contributed by atoms with E-state index in [1.165, 1.54) is 0 Å². The number of hydrogen-bond donors (Lipinski definition) is 3. The molecule has 0 saturated heterocycles. The molecule has 0 aliphatic rings. The molecule has 0 bridgehead atoms. The molecule has 2 aromatic rings. The Balaban J connectivity index is 0.000000528. The molecule has 2 rings (SSSR count). The summed E-state index contributed by atoms with van der Waals surface area (Å²) >= 11 is 6.04. The molecule has 0 saturated carbocycles. The van der Waals surface area contributed by atoms with Gasteiger partial charge in [0.1, 0.15) is 0 Å². The summed E-state index contributed by atoms with van der Waals surface area (Å²) in [6, 6.07) is 6.19. The zero-order valence-electron chi connectivity index (χ0n) is 17.1. The number of guanidine groups is 1. The van der Waals surface area contributed by atoms with Gasteiger partial charge in [0.15, 0.2) is 11.8 Å². The highest BCUT2D eigenvalue weighted by atomic mass is 35.5. The normalized spacial score (nSPS) is 10.8. The summed E-state index contributed by atoms with van der Waals surface area (Å²) in [4.78, 5) is 18.0. The Hall–Kier alpha value is -2.34. The molecular formula is C20H32ClN5O. The van der Waals surface area contributed by atoms with Gasteiger partial charge in [0.25, 0.3) is 0 Å². The molecule has 1 unspecified atom stereocenters. The number of benzene rings is 1. The number of amides is 1. The van der Waals surface area contributed by atoms with Gasteiger partial charge in [-0.2, -0.15) is 4.99 Å². The lowest BCUT2D eigenvalue weighted by Gasteiger charge is -2.11. The number of nitrogens with two attached hydrogens (primary N) is 2. The van der Waals surface area contributed by atoms with Gasteiger partial charge >= 0.3 is 0 Å². The average molecular weight is 394 g/mol. The van der Waals surface area contributed by atoms with Crippen LogP contribution < -0.4 is 16.8 Å². The topological polar surface area (TPSA) is 106 Å². The first-order valence-electron chi connectivity index (χ1n) is 9.08. The van der Waals surface area contributed by atoms with Crippen LogP contribution in [-0.2, 0) is 4.79 Å². The monoisotopic (exact) mass is 393 g/mol. The Morgan fingerprint density at radius 1 is 1.26 bits per heavy atom. The standard InChI is InChI=1S/C11H11ClN4.C7H15NO.C2H6/c1-6-2-3-7-8(4-6)10(16-11(13)14)15-5-9(7)12;1-6(2)4-7(3)8-5-9;1-2/h2-5H,1H3,(H4,13,14,15,16);5-7H,4H2,1-3H3,(H,8,9);1-2H3. The number of hydrogen-bond acceptors (Lipinski definition) is 3. The number of fused-ring (bicyclic) bond motifs is 1. The summed E-state index contributed by atoms with van der Waals surface area (Å²) in [5.41, 5.74) is 11.8. The van der Waals surface area contributed by atoms with Crippen LogP contribution in [0.4, 0.5) is 5.82 Å². The fourth-order valence-corrected chi connectivity index (χ4v) is 2.62. The van der Waals surface area contributed by atoms with Gasteiger partial charge in [-0.05, 0) is 32.3 Å². The fourth-order valence-electron chi connectivity index (χ4n) is 2.41. The summed E-state index contributed by atoms with van der Waals surface area (Å²) in [6.07, 6.45) is 3.35. The van der Waals surface area contributed by atoms with Crippen LogP contribution in [0.3, 0.4) is 0 Å². The van der Waals surface area contributed by atoms with Crippen LogP contribution >= 0.6 is 11.6 Å². The van der Waals surface area contributed by atoms with Crippen molar-refractivity contribution in [1.82, 2.24) is 10.3 Å². The van der Waals surface area contributed by atoms with Crippen molar-refractivity contribution in [3.05, 3.63) is 35.0 Å². The first kappa shape index (κ1) is 24.7. The molecule has 0 fully saturated rings. The Bertz CT molecular complexity index is 742. The van der Waals surface area contributed by atoms with Crippen molar-refractivity contribution < 1.29 is 4.79 Å². The molecule has 0 aliphatic heterocycles. The maximum Gasteiger partial charge on any atom is 0.207 e. The number of rotatable bonds is 5. The Morgan fingerprint density at radius 2 is 1.89 bits per heavy atom. The smallest absolute Gasteiger partial charge is 0.207 e. The lowest BCUT2D eigenvalue weighted by molar-refractivity contribution is -0.110. The van der Waals surface area contributed by atoms with Crippen molar-refractivity contribution in [3.8, 4) is 0 Å². The lowest BCUT2D eigenvalue weighted by atomic mass is 10.1. The van der Waals surface area contributed by atoms with Crippen molar-refractivity contribution in [2.45, 2.75) is 54.0 Å². The summed E-state index contributed by atoms with van der Waals surface area (Å²) < 4.78 is 0. The van der Waals surface area contributed by atoms with Gasteiger partial charge in [-0.15, -0.1) is 0 Å². The summed E-state index contributed by atoms with van der Waals surface area (Å²) in [5.74, 6) is 1.13. The van der Waals surface area contributed by atoms with Gasteiger partial charge in [-0.3, -0.25) is 4.79 Å². The molecule has 5 N–H and O–H groups in total. The number of aromatic nitrogens is 1. The van der Waals surface area contributed by atoms with Gasteiger partial charge in [-0.25, -0.2) is 4.98 Å². The van der Waals surface area contributed by atoms with Crippen molar-refractivity contribution in [1.29, 1.82) is 0 Å². The van der Waals surface area contributed by atoms with E-state index in [0.29, 0.717) is 22.8 Å². The molecule has 1 aromatic carbocycles. The average Bonchev–Trinajstić information content (AvgIpc) is 2.59. The quantitative estimate of drug-likeness (QED) is 0.400. The van der Waals surface area contributed by atoms with E-state index in [4.69, 9.17) is 23.1 Å². The van der Waals surface area contributed by atoms with E-state index in [0.717, 1.165) is 29.2 Å². The minimum Gasteiger partial charge on any atom is -0.370 e. The zero-order chi connectivity index (χ0) is 21.0. The Kier molecular flexibility index (Phi) is 11.8. The highest BCUT2D eigenvalue weighted by Crippen LogP contribution is 2.29. The van der Waals surface area contributed by atoms with Crippen molar-refractivity contribution in [3.63, 3.8) is 0 Å². The van der Waals surface area contributed by atoms with Crippen LogP contribution in [0.5, 0.6) is 0 Å². The fraction of sp³-hybridized carbons (Fsp3) is 0.450. The van der Waals surface area contributed by atoms with Crippen LogP contribution in [-0.4, -0.2) is 23.4 Å². The Morgan fingerprint density at radius 3 is 2.41 bits per heavy atom. The maximum atomic E-state index is 9.89. The SMILES string of the molecule is CC.CC(C)CC(C)NC=O.Cc1ccc2c(Cl)cnc(N=C(N)N)c2c1. The predicted octanol–water partition coefficient (Wildman–Crippen LogP) is 4.29. The van der Waals surface area contributed by atoms with Crippen LogP contribution in [0.1, 0.15) is 46.6 Å². The van der Waals surface area contributed by atoms with Crippen LogP contribution in [0.2, 0.25) is 5.02 Å². The van der Waals surface area contributed by atoms with Crippen molar-refractivity contribution in [2.75, 3.05) is 0 Å². The van der Waals surface area contributed by atoms with E-state index in [9.17, 15) is 4.79 Å². The molecule has 1 atom stereocenters. The number of nitrogens with one attached hydrogen (secondary N) is 1. The zero-order valence-corrected chi connectivity index (χ0v) is 17.8. The van der Waals surface area contributed by atoms with Gasteiger partial charge in [0.05, 0.1) is 5.02 Å². The maximum absolute atomic E-state index is 9.89. The third-order valence-corrected chi connectivity index (χ3v) is 3.69. The van der Waals surface area contributed by atoms with E-state index in [-0.39, 0.29) is 5.96 Å². The molecule has 1 aromatic heterocycles. The molecule has 150 valence electrons. The first-order valence-corrected chi connectivity index (χ1v) is 9.46. The van der Waals surface area contributed by atoms with E-state index in [1.54, 1.807) is 6.20 Å². The molecule has 27 heavy (non-hydrogen) atoms. The van der Waals surface area contributed by atoms with E-state index in [2.05, 4.69) is 29.1 Å². The summed E-state index contributed by atoms with van der Waals surface area (Å²) in [7, 11) is 0. The second kappa shape index (κ2) is 12.9. The number of aliphatic imine (C=N–C) groups is 1. The number of pyridine rings is 1. The van der Waals surface area contributed by atoms with E-state index >= 15 is 0 Å². The van der Waals surface area contributed by atoms with E-state index < -0.39 is 0 Å². The van der Waals surface area contributed by atoms with Gasteiger partial charge in [0, 0.05) is 23.0 Å². The Labute approximate surface area is 167 Å². The highest BCUT2D eigenvalue weighted by Gasteiger charge is 2.06. The third-order valence-electron chi connectivity index (χ3n) is 3.39. The largest absolute Gasteiger partial charge is 0.370 e. The van der Waals surface area contributed by atoms with E-state index in [1.807, 2.05) is 45.9 Å². The number of halogens is 1. The molecule has 6 nitrogen and oxygen atoms in total. The molecular weight excluding hydrogens is 362 g/mol. The number of aryl methyl sites for hydroxylation is 1. The number of nitrogens with zero attached hydrogens (tertiary/aromatic N) is 2. The van der Waals surface area contributed by atoms with Crippen molar-refractivity contribution >= 4 is 40.6 Å². The molecule has 0 spiro atoms. The molecule has 1 amide bonds. The van der Waals surface area contributed by atoms with Crippen molar-refractivity contribution in [2.24, 2.45) is 22.4 Å². The molecule has 0 aliphatic carbocycles. The summed E-state index contributed by atoms with van der Waals surface area (Å²) in [5, 5.41) is 5.02. The van der Waals surface area contributed by atoms with Crippen LogP contribution in [0.15, 0.2) is 29.4 Å². The van der Waals surface area contributed by atoms with Crippen LogP contribution in [0, 0.1) is 12.8 Å². The number of carbonyl (C=O) groups is 1. The predicted molar refractivity (Wildman–Crippen MR) is 116 cm³/mol. The van der Waals surface area contributed by atoms with Crippen LogP contribution in [0.25, 0.3) is 10.8 Å². The molecule has 0 radical (unpaired) electrons.